The zero-order valence-corrected chi connectivity index (χ0v) is 12.9. The highest BCUT2D eigenvalue weighted by Gasteiger charge is 2.23. The van der Waals surface area contributed by atoms with Crippen LogP contribution in [-0.2, 0) is 13.0 Å². The van der Waals surface area contributed by atoms with E-state index in [1.165, 1.54) is 54.5 Å². The number of hydrogen-bond donors (Lipinski definition) is 1. The molecule has 19 heavy (non-hydrogen) atoms. The van der Waals surface area contributed by atoms with Gasteiger partial charge in [-0.25, -0.2) is 4.98 Å². The Hall–Kier alpha value is -0.610. The summed E-state index contributed by atoms with van der Waals surface area (Å²) in [5.41, 5.74) is 1.31. The predicted molar refractivity (Wildman–Crippen MR) is 82.0 cm³/mol. The van der Waals surface area contributed by atoms with Gasteiger partial charge in [-0.15, -0.1) is 11.3 Å². The highest BCUT2D eigenvalue weighted by Crippen LogP contribution is 2.31. The maximum atomic E-state index is 4.89. The van der Waals surface area contributed by atoms with Crippen molar-refractivity contribution in [3.05, 3.63) is 10.6 Å². The highest BCUT2D eigenvalue weighted by atomic mass is 32.1. The zero-order chi connectivity index (χ0) is 13.2. The van der Waals surface area contributed by atoms with E-state index in [4.69, 9.17) is 4.98 Å². The van der Waals surface area contributed by atoms with E-state index < -0.39 is 0 Å². The van der Waals surface area contributed by atoms with Gasteiger partial charge in [-0.1, -0.05) is 13.8 Å². The van der Waals surface area contributed by atoms with Gasteiger partial charge in [0.05, 0.1) is 5.69 Å². The first-order valence-corrected chi connectivity index (χ1v) is 8.54. The van der Waals surface area contributed by atoms with Gasteiger partial charge < -0.3 is 10.2 Å². The number of rotatable bonds is 5. The van der Waals surface area contributed by atoms with Crippen LogP contribution in [0.3, 0.4) is 0 Å². The van der Waals surface area contributed by atoms with E-state index in [0.29, 0.717) is 0 Å². The molecule has 1 aromatic rings. The van der Waals surface area contributed by atoms with Gasteiger partial charge >= 0.3 is 0 Å². The van der Waals surface area contributed by atoms with Crippen molar-refractivity contribution in [2.45, 2.75) is 58.5 Å². The van der Waals surface area contributed by atoms with E-state index in [1.807, 2.05) is 11.3 Å². The largest absolute Gasteiger partial charge is 0.348 e. The van der Waals surface area contributed by atoms with Crippen molar-refractivity contribution in [3.8, 4) is 0 Å². The summed E-state index contributed by atoms with van der Waals surface area (Å²) in [7, 11) is 0. The molecule has 1 aliphatic heterocycles. The molecule has 3 nitrogen and oxygen atoms in total. The molecule has 0 aromatic carbocycles. The Labute approximate surface area is 120 Å². The Bertz CT molecular complexity index is 425. The molecule has 4 heteroatoms. The van der Waals surface area contributed by atoms with Crippen molar-refractivity contribution >= 4 is 16.5 Å². The minimum atomic E-state index is 0.783. The monoisotopic (exact) mass is 279 g/mol. The minimum absolute atomic E-state index is 0.783. The summed E-state index contributed by atoms with van der Waals surface area (Å²) in [6.45, 7) is 7.98. The smallest absolute Gasteiger partial charge is 0.185 e. The summed E-state index contributed by atoms with van der Waals surface area (Å²) in [5.74, 6) is 0.816. The summed E-state index contributed by atoms with van der Waals surface area (Å²) in [4.78, 5) is 8.85. The van der Waals surface area contributed by atoms with Crippen LogP contribution in [0.1, 0.15) is 50.1 Å². The maximum Gasteiger partial charge on any atom is 0.185 e. The molecule has 0 spiro atoms. The van der Waals surface area contributed by atoms with Crippen molar-refractivity contribution in [2.24, 2.45) is 5.92 Å². The molecule has 1 saturated carbocycles. The van der Waals surface area contributed by atoms with Crippen molar-refractivity contribution in [3.63, 3.8) is 0 Å². The Morgan fingerprint density at radius 1 is 1.37 bits per heavy atom. The summed E-state index contributed by atoms with van der Waals surface area (Å²) < 4.78 is 0. The molecule has 2 fully saturated rings. The third-order valence-electron chi connectivity index (χ3n) is 4.16. The van der Waals surface area contributed by atoms with Crippen LogP contribution in [0.5, 0.6) is 0 Å². The van der Waals surface area contributed by atoms with Crippen LogP contribution in [-0.4, -0.2) is 24.1 Å². The Balaban J connectivity index is 1.69. The second-order valence-corrected chi connectivity index (χ2v) is 7.13. The van der Waals surface area contributed by atoms with Crippen LogP contribution < -0.4 is 10.2 Å². The van der Waals surface area contributed by atoms with Crippen molar-refractivity contribution in [1.29, 1.82) is 0 Å². The molecule has 1 aliphatic carbocycles. The normalized spacial score (nSPS) is 23.9. The van der Waals surface area contributed by atoms with Gasteiger partial charge in [0, 0.05) is 30.6 Å². The Kier molecular flexibility index (Phi) is 4.08. The molecular weight excluding hydrogens is 254 g/mol. The topological polar surface area (TPSA) is 28.2 Å². The molecule has 1 saturated heterocycles. The van der Waals surface area contributed by atoms with Crippen LogP contribution in [0.2, 0.25) is 0 Å². The molecule has 3 rings (SSSR count). The number of piperidine rings is 1. The molecule has 1 N–H and O–H groups in total. The SMILES string of the molecule is CCc1nc(N2CCCC(C)C2)sc1CNC1CC1. The molecule has 1 unspecified atom stereocenters. The molecule has 0 bridgehead atoms. The van der Waals surface area contributed by atoms with Crippen LogP contribution in [0.25, 0.3) is 0 Å². The first kappa shape index (κ1) is 13.4. The fourth-order valence-corrected chi connectivity index (χ4v) is 3.94. The number of aromatic nitrogens is 1. The van der Waals surface area contributed by atoms with E-state index >= 15 is 0 Å². The van der Waals surface area contributed by atoms with E-state index in [0.717, 1.165) is 24.9 Å². The van der Waals surface area contributed by atoms with Gasteiger partial charge in [0.1, 0.15) is 0 Å². The van der Waals surface area contributed by atoms with E-state index in [-0.39, 0.29) is 0 Å². The van der Waals surface area contributed by atoms with Crippen LogP contribution >= 0.6 is 11.3 Å². The number of nitrogens with one attached hydrogen (secondary N) is 1. The fourth-order valence-electron chi connectivity index (χ4n) is 2.81. The summed E-state index contributed by atoms with van der Waals surface area (Å²) >= 11 is 1.91. The average molecular weight is 279 g/mol. The molecule has 1 atom stereocenters. The average Bonchev–Trinajstić information content (AvgIpc) is 3.15. The lowest BCUT2D eigenvalue weighted by atomic mass is 10.0. The number of aryl methyl sites for hydroxylation is 1. The number of anilines is 1. The molecular formula is C15H25N3S. The third kappa shape index (κ3) is 3.29. The first-order chi connectivity index (χ1) is 9.26. The lowest BCUT2D eigenvalue weighted by molar-refractivity contribution is 0.446. The van der Waals surface area contributed by atoms with Crippen molar-refractivity contribution in [2.75, 3.05) is 18.0 Å². The number of thiazole rings is 1. The lowest BCUT2D eigenvalue weighted by Gasteiger charge is -2.30. The van der Waals surface area contributed by atoms with Gasteiger partial charge in [-0.2, -0.15) is 0 Å². The predicted octanol–water partition coefficient (Wildman–Crippen LogP) is 3.19. The summed E-state index contributed by atoms with van der Waals surface area (Å²) in [6, 6.07) is 0.783. The Morgan fingerprint density at radius 3 is 2.89 bits per heavy atom. The lowest BCUT2D eigenvalue weighted by Crippen LogP contribution is -2.34. The molecule has 0 radical (unpaired) electrons. The molecule has 2 aliphatic rings. The van der Waals surface area contributed by atoms with Gasteiger partial charge in [0.15, 0.2) is 5.13 Å². The standard InChI is InChI=1S/C15H25N3S/c1-3-13-14(9-16-12-6-7-12)19-15(17-13)18-8-4-5-11(2)10-18/h11-12,16H,3-10H2,1-2H3. The highest BCUT2D eigenvalue weighted by molar-refractivity contribution is 7.15. The second-order valence-electron chi connectivity index (χ2n) is 6.07. The van der Waals surface area contributed by atoms with Gasteiger partial charge in [0.25, 0.3) is 0 Å². The van der Waals surface area contributed by atoms with Crippen LogP contribution in [0.4, 0.5) is 5.13 Å². The van der Waals surface area contributed by atoms with Gasteiger partial charge in [-0.05, 0) is 38.0 Å². The van der Waals surface area contributed by atoms with Crippen LogP contribution in [0.15, 0.2) is 0 Å². The van der Waals surface area contributed by atoms with Crippen LogP contribution in [0, 0.1) is 5.92 Å². The fraction of sp³-hybridized carbons (Fsp3) is 0.800. The third-order valence-corrected chi connectivity index (χ3v) is 5.32. The molecule has 106 valence electrons. The number of nitrogens with zero attached hydrogens (tertiary/aromatic N) is 2. The molecule has 1 aromatic heterocycles. The first-order valence-electron chi connectivity index (χ1n) is 7.73. The van der Waals surface area contributed by atoms with E-state index in [2.05, 4.69) is 24.1 Å². The van der Waals surface area contributed by atoms with Gasteiger partial charge in [0.2, 0.25) is 0 Å². The van der Waals surface area contributed by atoms with E-state index in [9.17, 15) is 0 Å². The summed E-state index contributed by atoms with van der Waals surface area (Å²) in [6.07, 6.45) is 6.46. The molecule has 2 heterocycles. The Morgan fingerprint density at radius 2 is 2.21 bits per heavy atom. The minimum Gasteiger partial charge on any atom is -0.348 e. The van der Waals surface area contributed by atoms with Crippen molar-refractivity contribution in [1.82, 2.24) is 10.3 Å². The van der Waals surface area contributed by atoms with Gasteiger partial charge in [-0.3, -0.25) is 0 Å². The van der Waals surface area contributed by atoms with Crippen molar-refractivity contribution < 1.29 is 0 Å². The maximum absolute atomic E-state index is 4.89. The van der Waals surface area contributed by atoms with E-state index in [1.54, 1.807) is 0 Å². The second kappa shape index (κ2) is 5.80. The molecule has 0 amide bonds. The quantitative estimate of drug-likeness (QED) is 0.897. The number of hydrogen-bond acceptors (Lipinski definition) is 4. The zero-order valence-electron chi connectivity index (χ0n) is 12.1. The summed E-state index contributed by atoms with van der Waals surface area (Å²) in [5, 5.41) is 4.88.